The third-order valence-corrected chi connectivity index (χ3v) is 16.0. The topological polar surface area (TPSA) is 30.7 Å². The van der Waals surface area contributed by atoms with Crippen LogP contribution in [-0.2, 0) is 10.8 Å². The van der Waals surface area contributed by atoms with Crippen LogP contribution in [0.4, 0.5) is 0 Å². The number of hydrogen-bond acceptors (Lipinski definition) is 2. The zero-order valence-electron chi connectivity index (χ0n) is 41.4. The maximum absolute atomic E-state index is 5.70. The van der Waals surface area contributed by atoms with Crippen LogP contribution in [0.3, 0.4) is 0 Å². The van der Waals surface area contributed by atoms with Crippen molar-refractivity contribution in [3.63, 3.8) is 0 Å². The minimum absolute atomic E-state index is 0.131. The molecule has 14 rings (SSSR count). The van der Waals surface area contributed by atoms with Crippen molar-refractivity contribution in [2.75, 3.05) is 0 Å². The number of rotatable bonds is 7. The van der Waals surface area contributed by atoms with E-state index in [2.05, 4.69) is 269 Å². The molecule has 73 heavy (non-hydrogen) atoms. The molecule has 3 nitrogen and oxygen atoms in total. The van der Waals surface area contributed by atoms with Gasteiger partial charge in [0.05, 0.1) is 22.6 Å². The highest BCUT2D eigenvalue weighted by molar-refractivity contribution is 6.16. The molecule has 2 aromatic heterocycles. The largest absolute Gasteiger partial charge is 0.292 e. The first-order valence-electron chi connectivity index (χ1n) is 25.5. The Hall–Kier alpha value is -8.92. The number of aromatic nitrogens is 3. The van der Waals surface area contributed by atoms with Gasteiger partial charge in [-0.05, 0) is 109 Å². The van der Waals surface area contributed by atoms with E-state index in [1.165, 1.54) is 66.6 Å². The first-order valence-corrected chi connectivity index (χ1v) is 25.5. The van der Waals surface area contributed by atoms with E-state index in [9.17, 15) is 0 Å². The van der Waals surface area contributed by atoms with E-state index in [4.69, 9.17) is 9.97 Å². The summed E-state index contributed by atoms with van der Waals surface area (Å²) in [5.74, 6) is 0.894. The van der Waals surface area contributed by atoms with Crippen LogP contribution >= 0.6 is 0 Å². The quantitative estimate of drug-likeness (QED) is 0.149. The minimum Gasteiger partial charge on any atom is -0.292 e. The Labute approximate surface area is 426 Å². The van der Waals surface area contributed by atoms with Crippen molar-refractivity contribution in [2.24, 2.45) is 0 Å². The lowest BCUT2D eigenvalue weighted by atomic mass is 9.81. The predicted molar refractivity (Wildman–Crippen MR) is 304 cm³/mol. The van der Waals surface area contributed by atoms with Crippen molar-refractivity contribution < 1.29 is 0 Å². The lowest BCUT2D eigenvalue weighted by Gasteiger charge is -2.23. The van der Waals surface area contributed by atoms with Gasteiger partial charge in [0.2, 0.25) is 0 Å². The molecular weight excluding hydrogens is 883 g/mol. The number of imidazole rings is 1. The smallest absolute Gasteiger partial charge is 0.145 e. The van der Waals surface area contributed by atoms with Crippen LogP contribution in [-0.4, -0.2) is 14.5 Å². The molecule has 0 saturated heterocycles. The van der Waals surface area contributed by atoms with Crippen LogP contribution in [0.1, 0.15) is 49.9 Å². The van der Waals surface area contributed by atoms with Crippen molar-refractivity contribution in [1.29, 1.82) is 0 Å². The molecule has 0 bridgehead atoms. The molecule has 3 heteroatoms. The molecule has 2 heterocycles. The van der Waals surface area contributed by atoms with Gasteiger partial charge in [0.1, 0.15) is 5.82 Å². The molecule has 0 spiro atoms. The van der Waals surface area contributed by atoms with Crippen LogP contribution < -0.4 is 0 Å². The summed E-state index contributed by atoms with van der Waals surface area (Å²) < 4.78 is 2.34. The van der Waals surface area contributed by atoms with E-state index in [-0.39, 0.29) is 10.8 Å². The van der Waals surface area contributed by atoms with Crippen LogP contribution in [0.2, 0.25) is 0 Å². The average Bonchev–Trinajstić information content (AvgIpc) is 4.04. The molecule has 12 aromatic rings. The number of fused-ring (bicyclic) bond motifs is 9. The lowest BCUT2D eigenvalue weighted by molar-refractivity contribution is 0.660. The second-order valence-electron chi connectivity index (χ2n) is 20.9. The second kappa shape index (κ2) is 16.3. The normalized spacial score (nSPS) is 13.7. The molecule has 2 aliphatic rings. The minimum atomic E-state index is -0.147. The molecular formula is C70H51N3. The van der Waals surface area contributed by atoms with Gasteiger partial charge in [0.15, 0.2) is 0 Å². The summed E-state index contributed by atoms with van der Waals surface area (Å²) in [6, 6.07) is 86.4. The Morgan fingerprint density at radius 3 is 1.42 bits per heavy atom. The van der Waals surface area contributed by atoms with Gasteiger partial charge >= 0.3 is 0 Å². The monoisotopic (exact) mass is 933 g/mol. The van der Waals surface area contributed by atoms with E-state index in [1.54, 1.807) is 0 Å². The molecule has 346 valence electrons. The summed E-state index contributed by atoms with van der Waals surface area (Å²) in [7, 11) is 0. The highest BCUT2D eigenvalue weighted by Crippen LogP contribution is 2.52. The second-order valence-corrected chi connectivity index (χ2v) is 20.9. The van der Waals surface area contributed by atoms with Gasteiger partial charge in [0.25, 0.3) is 0 Å². The van der Waals surface area contributed by atoms with Crippen LogP contribution in [0.5, 0.6) is 0 Å². The van der Waals surface area contributed by atoms with Crippen molar-refractivity contribution >= 4 is 21.7 Å². The van der Waals surface area contributed by atoms with Gasteiger partial charge in [-0.15, -0.1) is 0 Å². The first kappa shape index (κ1) is 42.9. The van der Waals surface area contributed by atoms with Crippen molar-refractivity contribution in [2.45, 2.75) is 38.5 Å². The number of pyridine rings is 1. The molecule has 0 radical (unpaired) electrons. The zero-order valence-corrected chi connectivity index (χ0v) is 41.4. The van der Waals surface area contributed by atoms with Gasteiger partial charge in [-0.2, -0.15) is 0 Å². The molecule has 0 saturated carbocycles. The summed E-state index contributed by atoms with van der Waals surface area (Å²) in [6.07, 6.45) is 0. The molecule has 2 aliphatic carbocycles. The van der Waals surface area contributed by atoms with Crippen LogP contribution in [0.15, 0.2) is 237 Å². The Bertz CT molecular complexity index is 4160. The fourth-order valence-electron chi connectivity index (χ4n) is 12.3. The standard InChI is InChI=1S/C70H51N3/c1-69(2)60-30-18-16-27-52(60)54-38-34-48(40-62(54)69)58-43-64(49-35-39-55-53-28-17-19-31-61(53)70(3,4)63(55)41-49)71-66-56-29-15-14-26-51(56)57(42-59(58)66)44-32-36-50(37-33-44)73-67(46-22-10-6-11-23-46)65(45-20-8-5-9-21-45)72-68(73)47-24-12-7-13-25-47/h5-43H,1-4H3. The summed E-state index contributed by atoms with van der Waals surface area (Å²) in [5, 5.41) is 3.42. The maximum atomic E-state index is 5.70. The van der Waals surface area contributed by atoms with E-state index in [0.29, 0.717) is 0 Å². The Morgan fingerprint density at radius 2 is 0.795 bits per heavy atom. The van der Waals surface area contributed by atoms with Crippen LogP contribution in [0, 0.1) is 0 Å². The van der Waals surface area contributed by atoms with Gasteiger partial charge < -0.3 is 0 Å². The summed E-state index contributed by atoms with van der Waals surface area (Å²) in [6.45, 7) is 9.45. The Kier molecular flexibility index (Phi) is 9.59. The SMILES string of the molecule is CC1(C)c2ccccc2-c2ccc(-c3cc(-c4ccc5c(c4)C(C)(C)c4ccccc4-5)c4cc(-c5ccc(-n6c(-c7ccccc7)nc(-c7ccccc7)c6-c6ccccc6)cc5)c5ccccc5c4n3)cc21. The van der Waals surface area contributed by atoms with Crippen LogP contribution in [0.25, 0.3) is 117 Å². The summed E-state index contributed by atoms with van der Waals surface area (Å²) in [4.78, 5) is 11.2. The van der Waals surface area contributed by atoms with Crippen molar-refractivity contribution in [3.8, 4) is 95.4 Å². The van der Waals surface area contributed by atoms with E-state index >= 15 is 0 Å². The number of hydrogen-bond donors (Lipinski definition) is 0. The highest BCUT2D eigenvalue weighted by atomic mass is 15.1. The van der Waals surface area contributed by atoms with Gasteiger partial charge in [-0.1, -0.05) is 228 Å². The Morgan fingerprint density at radius 1 is 0.315 bits per heavy atom. The Balaban J connectivity index is 0.976. The molecule has 0 unspecified atom stereocenters. The zero-order chi connectivity index (χ0) is 49.0. The number of benzene rings is 10. The molecule has 0 aliphatic heterocycles. The maximum Gasteiger partial charge on any atom is 0.145 e. The summed E-state index contributed by atoms with van der Waals surface area (Å²) in [5.41, 5.74) is 24.5. The van der Waals surface area contributed by atoms with Gasteiger partial charge in [-0.3, -0.25) is 4.57 Å². The van der Waals surface area contributed by atoms with Gasteiger partial charge in [0, 0.05) is 49.5 Å². The third-order valence-electron chi connectivity index (χ3n) is 16.0. The van der Waals surface area contributed by atoms with E-state index in [0.717, 1.165) is 72.7 Å². The van der Waals surface area contributed by atoms with E-state index in [1.807, 2.05) is 0 Å². The predicted octanol–water partition coefficient (Wildman–Crippen LogP) is 18.2. The fourth-order valence-corrected chi connectivity index (χ4v) is 12.3. The third kappa shape index (κ3) is 6.65. The van der Waals surface area contributed by atoms with E-state index < -0.39 is 0 Å². The van der Waals surface area contributed by atoms with Crippen molar-refractivity contribution in [1.82, 2.24) is 14.5 Å². The highest BCUT2D eigenvalue weighted by Gasteiger charge is 2.37. The molecule has 0 atom stereocenters. The average molecular weight is 934 g/mol. The fraction of sp³-hybridized carbons (Fsp3) is 0.0857. The van der Waals surface area contributed by atoms with Crippen molar-refractivity contribution in [3.05, 3.63) is 259 Å². The molecule has 0 fully saturated rings. The number of nitrogens with zero attached hydrogens (tertiary/aromatic N) is 3. The lowest BCUT2D eigenvalue weighted by Crippen LogP contribution is -2.15. The molecule has 10 aromatic carbocycles. The first-order chi connectivity index (χ1) is 35.7. The summed E-state index contributed by atoms with van der Waals surface area (Å²) >= 11 is 0. The molecule has 0 N–H and O–H groups in total. The molecule has 0 amide bonds. The van der Waals surface area contributed by atoms with Gasteiger partial charge in [-0.25, -0.2) is 9.97 Å².